The van der Waals surface area contributed by atoms with Crippen LogP contribution in [-0.4, -0.2) is 4.89 Å². The zero-order valence-corrected chi connectivity index (χ0v) is 7.99. The Morgan fingerprint density at radius 3 is 1.60 bits per heavy atom. The summed E-state index contributed by atoms with van der Waals surface area (Å²) in [5.41, 5.74) is 0. The fourth-order valence-corrected chi connectivity index (χ4v) is 0. The first-order chi connectivity index (χ1) is 2.00. The van der Waals surface area contributed by atoms with Gasteiger partial charge >= 0.3 is 2.13 Å². The maximum atomic E-state index is 8.37. The molecule has 1 N–H and O–H groups in total. The Kier molecular flexibility index (Phi) is 3.50. The highest BCUT2D eigenvalue weighted by atomic mass is 127. The van der Waals surface area contributed by atoms with Gasteiger partial charge in [0.15, 0.2) is 0 Å². The fraction of sp³-hybridized carbons (Fsp3) is 0. The van der Waals surface area contributed by atoms with Crippen molar-refractivity contribution in [3.63, 3.8) is 0 Å². The van der Waals surface area contributed by atoms with Crippen molar-refractivity contribution in [2.75, 3.05) is 0 Å². The third-order valence-corrected chi connectivity index (χ3v) is 0. The summed E-state index contributed by atoms with van der Waals surface area (Å²) in [5, 5.41) is 0. The predicted octanol–water partition coefficient (Wildman–Crippen LogP) is 2.77. The average molecular weight is 337 g/mol. The molecule has 1 nitrogen and oxygen atoms in total. The SMILES string of the molecule is O[P+](Cl)(I)I. The van der Waals surface area contributed by atoms with Gasteiger partial charge in [0.05, 0.1) is 0 Å². The van der Waals surface area contributed by atoms with E-state index >= 15 is 0 Å². The number of hydrogen-bond donors (Lipinski definition) is 1. The molecule has 5 heavy (non-hydrogen) atoms. The van der Waals surface area contributed by atoms with Crippen molar-refractivity contribution in [1.29, 1.82) is 0 Å². The maximum Gasteiger partial charge on any atom is 0.356 e. The van der Waals surface area contributed by atoms with Crippen molar-refractivity contribution < 1.29 is 4.89 Å². The van der Waals surface area contributed by atoms with E-state index in [1.807, 2.05) is 0 Å². The van der Waals surface area contributed by atoms with E-state index in [2.05, 4.69) is 0 Å². The molecule has 32 valence electrons. The molecule has 0 aliphatic carbocycles. The lowest BCUT2D eigenvalue weighted by molar-refractivity contribution is 0.655. The maximum absolute atomic E-state index is 8.37. The zero-order chi connectivity index (χ0) is 4.50. The Balaban J connectivity index is 3.02. The third-order valence-electron chi connectivity index (χ3n) is 0. The van der Waals surface area contributed by atoms with Crippen LogP contribution in [0.1, 0.15) is 0 Å². The Morgan fingerprint density at radius 2 is 1.60 bits per heavy atom. The van der Waals surface area contributed by atoms with E-state index in [0.29, 0.717) is 0 Å². The first-order valence-electron chi connectivity index (χ1n) is 0.707. The highest BCUT2D eigenvalue weighted by Crippen LogP contribution is 2.75. The van der Waals surface area contributed by atoms with E-state index < -0.39 is 2.13 Å². The van der Waals surface area contributed by atoms with E-state index in [0.717, 1.165) is 0 Å². The minimum absolute atomic E-state index is 1.80. The summed E-state index contributed by atoms with van der Waals surface area (Å²) in [6.45, 7) is 0. The number of rotatable bonds is 0. The van der Waals surface area contributed by atoms with Crippen molar-refractivity contribution in [2.45, 2.75) is 0 Å². The largest absolute Gasteiger partial charge is 0.356 e. The quantitative estimate of drug-likeness (QED) is 0.532. The van der Waals surface area contributed by atoms with Crippen LogP contribution in [0.2, 0.25) is 0 Å². The summed E-state index contributed by atoms with van der Waals surface area (Å²) in [4.78, 5) is 8.37. The standard InChI is InChI=1S/ClHI2OP/c1-5(2,3)4/h4H/q+1. The summed E-state index contributed by atoms with van der Waals surface area (Å²) >= 11 is 8.76. The first-order valence-corrected chi connectivity index (χ1v) is 8.92. The van der Waals surface area contributed by atoms with Gasteiger partial charge in [0, 0.05) is 0 Å². The van der Waals surface area contributed by atoms with Gasteiger partial charge in [-0.15, -0.1) is 0 Å². The molecular formula is HClI2OP+. The molecule has 0 fully saturated rings. The molecule has 0 rings (SSSR count). The third kappa shape index (κ3) is 23.0. The molecule has 0 aliphatic heterocycles. The second-order valence-electron chi connectivity index (χ2n) is 0.418. The van der Waals surface area contributed by atoms with Crippen molar-refractivity contribution in [2.24, 2.45) is 0 Å². The normalized spacial score (nSPS) is 12.0. The highest BCUT2D eigenvalue weighted by molar-refractivity contribution is 14.3. The molecule has 0 aromatic rings. The Bertz CT molecular complexity index is 25.1. The molecule has 0 bridgehead atoms. The van der Waals surface area contributed by atoms with Crippen molar-refractivity contribution in [3.8, 4) is 0 Å². The lowest BCUT2D eigenvalue weighted by Gasteiger charge is -1.79. The van der Waals surface area contributed by atoms with Gasteiger partial charge < -0.3 is 0 Å². The average Bonchev–Trinajstić information content (AvgIpc) is 0.722. The molecule has 0 atom stereocenters. The lowest BCUT2D eigenvalue weighted by Crippen LogP contribution is -1.40. The fourth-order valence-electron chi connectivity index (χ4n) is 0. The Hall–Kier alpha value is 2.14. The van der Waals surface area contributed by atoms with Crippen molar-refractivity contribution in [3.05, 3.63) is 0 Å². The molecule has 0 aliphatic rings. The van der Waals surface area contributed by atoms with E-state index in [-0.39, 0.29) is 0 Å². The van der Waals surface area contributed by atoms with Crippen LogP contribution in [0.15, 0.2) is 0 Å². The van der Waals surface area contributed by atoms with E-state index in [9.17, 15) is 0 Å². The van der Waals surface area contributed by atoms with Crippen LogP contribution in [-0.2, 0) is 0 Å². The van der Waals surface area contributed by atoms with Crippen LogP contribution >= 0.6 is 57.4 Å². The molecule has 0 saturated heterocycles. The first kappa shape index (κ1) is 7.14. The van der Waals surface area contributed by atoms with Crippen LogP contribution in [0.25, 0.3) is 0 Å². The van der Waals surface area contributed by atoms with Crippen LogP contribution < -0.4 is 0 Å². The van der Waals surface area contributed by atoms with Gasteiger partial charge in [0.2, 0.25) is 44.1 Å². The predicted molar refractivity (Wildman–Crippen MR) is 43.0 cm³/mol. The lowest BCUT2D eigenvalue weighted by atomic mass is 15.9. The van der Waals surface area contributed by atoms with Crippen molar-refractivity contribution in [1.82, 2.24) is 0 Å². The summed E-state index contributed by atoms with van der Waals surface area (Å²) in [7, 11) is 0. The summed E-state index contributed by atoms with van der Waals surface area (Å²) < 4.78 is -1.98. The Morgan fingerprint density at radius 1 is 1.60 bits per heavy atom. The summed E-state index contributed by atoms with van der Waals surface area (Å²) in [6, 6.07) is 0. The van der Waals surface area contributed by atoms with E-state index in [1.54, 1.807) is 44.1 Å². The van der Waals surface area contributed by atoms with Crippen LogP contribution in [0.4, 0.5) is 0 Å². The summed E-state index contributed by atoms with van der Waals surface area (Å²) in [5.74, 6) is 0. The molecule has 0 amide bonds. The molecule has 0 radical (unpaired) electrons. The second kappa shape index (κ2) is 2.45. The molecule has 0 unspecified atom stereocenters. The van der Waals surface area contributed by atoms with Crippen molar-refractivity contribution >= 4 is 57.4 Å². The van der Waals surface area contributed by atoms with Gasteiger partial charge in [-0.25, -0.2) is 4.89 Å². The smallest absolute Gasteiger partial charge is 0.215 e. The minimum atomic E-state index is -1.98. The number of halogens is 3. The summed E-state index contributed by atoms with van der Waals surface area (Å²) in [6.07, 6.45) is 0. The zero-order valence-electron chi connectivity index (χ0n) is 2.03. The van der Waals surface area contributed by atoms with Gasteiger partial charge in [0.25, 0.3) is 0 Å². The van der Waals surface area contributed by atoms with Crippen LogP contribution in [0.5, 0.6) is 0 Å². The van der Waals surface area contributed by atoms with Crippen LogP contribution in [0, 0.1) is 0 Å². The number of hydrogen-bond acceptors (Lipinski definition) is 1. The second-order valence-corrected chi connectivity index (χ2v) is 20.1. The molecule has 5 heteroatoms. The van der Waals surface area contributed by atoms with Gasteiger partial charge in [-0.05, 0) is 0 Å². The van der Waals surface area contributed by atoms with Gasteiger partial charge in [-0.1, -0.05) is 0 Å². The molecule has 0 aromatic carbocycles. The van der Waals surface area contributed by atoms with Gasteiger partial charge in [0.1, 0.15) is 11.2 Å². The van der Waals surface area contributed by atoms with E-state index in [1.165, 1.54) is 0 Å². The monoisotopic (exact) mass is 337 g/mol. The van der Waals surface area contributed by atoms with E-state index in [4.69, 9.17) is 16.1 Å². The molecule has 0 aromatic heterocycles. The Labute approximate surface area is 61.6 Å². The molecular weight excluding hydrogens is 336 g/mol. The molecule has 0 saturated carbocycles. The molecule has 0 spiro atoms. The minimum Gasteiger partial charge on any atom is -0.215 e. The van der Waals surface area contributed by atoms with Gasteiger partial charge in [-0.3, -0.25) is 0 Å². The highest BCUT2D eigenvalue weighted by Gasteiger charge is 2.24. The molecule has 0 heterocycles. The topological polar surface area (TPSA) is 20.2 Å². The van der Waals surface area contributed by atoms with Gasteiger partial charge in [-0.2, -0.15) is 0 Å². The van der Waals surface area contributed by atoms with Crippen LogP contribution in [0.3, 0.4) is 0 Å².